The molecule has 0 N–H and O–H groups in total. The quantitative estimate of drug-likeness (QED) is 0.649. The Morgan fingerprint density at radius 1 is 1.40 bits per heavy atom. The number of carbonyl (C=O) groups is 1. The van der Waals surface area contributed by atoms with Crippen LogP contribution in [0, 0.1) is 5.92 Å². The molecule has 0 amide bonds. The van der Waals surface area contributed by atoms with E-state index in [0.717, 1.165) is 18.4 Å². The highest BCUT2D eigenvalue weighted by atomic mass is 16.5. The summed E-state index contributed by atoms with van der Waals surface area (Å²) in [5.41, 5.74) is 3.58. The van der Waals surface area contributed by atoms with Gasteiger partial charge in [0.15, 0.2) is 0 Å². The maximum atomic E-state index is 11.6. The van der Waals surface area contributed by atoms with Crippen molar-refractivity contribution in [1.29, 1.82) is 0 Å². The summed E-state index contributed by atoms with van der Waals surface area (Å²) in [5, 5.41) is 0. The first-order chi connectivity index (χ1) is 7.22. The molecule has 2 rings (SSSR count). The number of allylic oxidation sites excluding steroid dienone is 3. The zero-order valence-electron chi connectivity index (χ0n) is 9.51. The maximum Gasteiger partial charge on any atom is 0.334 e. The van der Waals surface area contributed by atoms with Crippen LogP contribution in [-0.4, -0.2) is 13.1 Å². The minimum Gasteiger partial charge on any atom is -0.466 e. The highest BCUT2D eigenvalue weighted by molar-refractivity contribution is 5.90. The van der Waals surface area contributed by atoms with Crippen molar-refractivity contribution in [2.45, 2.75) is 39.0 Å². The summed E-state index contributed by atoms with van der Waals surface area (Å²) in [6, 6.07) is 0. The summed E-state index contributed by atoms with van der Waals surface area (Å²) in [6.07, 6.45) is 7.84. The summed E-state index contributed by atoms with van der Waals surface area (Å²) in [4.78, 5) is 11.6. The first-order valence-electron chi connectivity index (χ1n) is 5.71. The predicted octanol–water partition coefficient (Wildman–Crippen LogP) is 3.00. The number of rotatable bonds is 2. The number of hydrogen-bond donors (Lipinski definition) is 0. The van der Waals surface area contributed by atoms with Gasteiger partial charge in [-0.3, -0.25) is 0 Å². The average molecular weight is 206 g/mol. The number of methoxy groups -OCH3 is 1. The molecule has 2 aliphatic rings. The molecule has 2 aliphatic carbocycles. The molecule has 0 bridgehead atoms. The molecule has 0 radical (unpaired) electrons. The summed E-state index contributed by atoms with van der Waals surface area (Å²) < 4.78 is 4.85. The largest absolute Gasteiger partial charge is 0.466 e. The zero-order valence-corrected chi connectivity index (χ0v) is 9.51. The van der Waals surface area contributed by atoms with Crippen molar-refractivity contribution in [3.63, 3.8) is 0 Å². The van der Waals surface area contributed by atoms with E-state index in [2.05, 4.69) is 13.0 Å². The highest BCUT2D eigenvalue weighted by Gasteiger charge is 2.28. The van der Waals surface area contributed by atoms with Crippen molar-refractivity contribution in [3.05, 3.63) is 22.8 Å². The third kappa shape index (κ3) is 1.99. The molecule has 2 heteroatoms. The Bertz CT molecular complexity index is 332. The van der Waals surface area contributed by atoms with Gasteiger partial charge in [0.25, 0.3) is 0 Å². The van der Waals surface area contributed by atoms with E-state index in [-0.39, 0.29) is 5.97 Å². The first-order valence-corrected chi connectivity index (χ1v) is 5.71. The monoisotopic (exact) mass is 206 g/mol. The number of hydrogen-bond acceptors (Lipinski definition) is 2. The normalized spacial score (nSPS) is 22.1. The van der Waals surface area contributed by atoms with Crippen LogP contribution in [0.4, 0.5) is 0 Å². The molecule has 0 aliphatic heterocycles. The Morgan fingerprint density at radius 3 is 2.67 bits per heavy atom. The van der Waals surface area contributed by atoms with Crippen LogP contribution < -0.4 is 0 Å². The minimum absolute atomic E-state index is 0.124. The van der Waals surface area contributed by atoms with E-state index >= 15 is 0 Å². The fourth-order valence-electron chi connectivity index (χ4n) is 2.32. The van der Waals surface area contributed by atoms with Crippen LogP contribution in [-0.2, 0) is 9.53 Å². The second kappa shape index (κ2) is 4.21. The number of esters is 1. The average Bonchev–Trinajstić information content (AvgIpc) is 2.14. The molecule has 0 aromatic heterocycles. The Morgan fingerprint density at radius 2 is 2.13 bits per heavy atom. The van der Waals surface area contributed by atoms with Crippen LogP contribution in [0.15, 0.2) is 22.8 Å². The SMILES string of the molecule is COC(=O)C1=C(C2CCC2)C=C(C)CC1. The third-order valence-corrected chi connectivity index (χ3v) is 3.50. The van der Waals surface area contributed by atoms with Crippen LogP contribution in [0.25, 0.3) is 0 Å². The third-order valence-electron chi connectivity index (χ3n) is 3.50. The molecule has 0 saturated heterocycles. The van der Waals surface area contributed by atoms with Crippen LogP contribution >= 0.6 is 0 Å². The van der Waals surface area contributed by atoms with Gasteiger partial charge in [-0.05, 0) is 44.1 Å². The second-order valence-electron chi connectivity index (χ2n) is 4.54. The number of ether oxygens (including phenoxy) is 1. The molecule has 0 aromatic carbocycles. The van der Waals surface area contributed by atoms with Gasteiger partial charge in [-0.25, -0.2) is 4.79 Å². The van der Waals surface area contributed by atoms with Gasteiger partial charge in [0.05, 0.1) is 7.11 Å². The van der Waals surface area contributed by atoms with Gasteiger partial charge in [0.1, 0.15) is 0 Å². The smallest absolute Gasteiger partial charge is 0.334 e. The summed E-state index contributed by atoms with van der Waals surface area (Å²) in [5.74, 6) is 0.495. The molecule has 0 spiro atoms. The Kier molecular flexibility index (Phi) is 2.94. The molecular weight excluding hydrogens is 188 g/mol. The lowest BCUT2D eigenvalue weighted by atomic mass is 9.75. The van der Waals surface area contributed by atoms with Gasteiger partial charge in [0.2, 0.25) is 0 Å². The lowest BCUT2D eigenvalue weighted by Gasteiger charge is -2.30. The molecule has 15 heavy (non-hydrogen) atoms. The van der Waals surface area contributed by atoms with Gasteiger partial charge in [-0.2, -0.15) is 0 Å². The van der Waals surface area contributed by atoms with Gasteiger partial charge in [0, 0.05) is 5.57 Å². The first kappa shape index (κ1) is 10.5. The Labute approximate surface area is 91.0 Å². The van der Waals surface area contributed by atoms with Crippen LogP contribution in [0.5, 0.6) is 0 Å². The fourth-order valence-corrected chi connectivity index (χ4v) is 2.32. The Hall–Kier alpha value is -1.05. The summed E-state index contributed by atoms with van der Waals surface area (Å²) >= 11 is 0. The molecule has 2 nitrogen and oxygen atoms in total. The summed E-state index contributed by atoms with van der Waals surface area (Å²) in [7, 11) is 1.47. The van der Waals surface area contributed by atoms with Crippen molar-refractivity contribution in [2.24, 2.45) is 5.92 Å². The van der Waals surface area contributed by atoms with Crippen LogP contribution in [0.1, 0.15) is 39.0 Å². The van der Waals surface area contributed by atoms with Gasteiger partial charge in [-0.1, -0.05) is 18.1 Å². The molecule has 82 valence electrons. The topological polar surface area (TPSA) is 26.3 Å². The second-order valence-corrected chi connectivity index (χ2v) is 4.54. The fraction of sp³-hybridized carbons (Fsp3) is 0.615. The minimum atomic E-state index is -0.124. The number of carbonyl (C=O) groups excluding carboxylic acids is 1. The van der Waals surface area contributed by atoms with Gasteiger partial charge in [-0.15, -0.1) is 0 Å². The van der Waals surface area contributed by atoms with E-state index in [1.165, 1.54) is 37.5 Å². The van der Waals surface area contributed by atoms with Crippen molar-refractivity contribution in [2.75, 3.05) is 7.11 Å². The van der Waals surface area contributed by atoms with Crippen molar-refractivity contribution in [1.82, 2.24) is 0 Å². The van der Waals surface area contributed by atoms with Gasteiger partial charge < -0.3 is 4.74 Å². The molecule has 1 saturated carbocycles. The Balaban J connectivity index is 2.29. The van der Waals surface area contributed by atoms with Crippen molar-refractivity contribution < 1.29 is 9.53 Å². The van der Waals surface area contributed by atoms with Crippen molar-refractivity contribution in [3.8, 4) is 0 Å². The molecule has 0 unspecified atom stereocenters. The van der Waals surface area contributed by atoms with Crippen molar-refractivity contribution >= 4 is 5.97 Å². The molecule has 1 fully saturated rings. The van der Waals surface area contributed by atoms with E-state index in [4.69, 9.17) is 4.74 Å². The van der Waals surface area contributed by atoms with Crippen LogP contribution in [0.2, 0.25) is 0 Å². The highest BCUT2D eigenvalue weighted by Crippen LogP contribution is 2.39. The van der Waals surface area contributed by atoms with Gasteiger partial charge >= 0.3 is 5.97 Å². The predicted molar refractivity (Wildman–Crippen MR) is 59.4 cm³/mol. The van der Waals surface area contributed by atoms with E-state index in [0.29, 0.717) is 5.92 Å². The van der Waals surface area contributed by atoms with Crippen LogP contribution in [0.3, 0.4) is 0 Å². The standard InChI is InChI=1S/C13H18O2/c1-9-6-7-11(13(14)15-2)12(8-9)10-4-3-5-10/h8,10H,3-7H2,1-2H3. The lowest BCUT2D eigenvalue weighted by molar-refractivity contribution is -0.136. The van der Waals surface area contributed by atoms with E-state index in [9.17, 15) is 4.79 Å². The van der Waals surface area contributed by atoms with E-state index in [1.54, 1.807) is 0 Å². The summed E-state index contributed by atoms with van der Waals surface area (Å²) in [6.45, 7) is 2.15. The zero-order chi connectivity index (χ0) is 10.8. The molecule has 0 atom stereocenters. The van der Waals surface area contributed by atoms with E-state index < -0.39 is 0 Å². The molecule has 0 heterocycles. The molecular formula is C13H18O2. The maximum absolute atomic E-state index is 11.6. The lowest BCUT2D eigenvalue weighted by Crippen LogP contribution is -2.20. The van der Waals surface area contributed by atoms with E-state index in [1.807, 2.05) is 0 Å². The molecule has 0 aromatic rings.